The number of hydrogen-bond acceptors (Lipinski definition) is 6. The number of nitro benzene ring substituents is 1. The van der Waals surface area contributed by atoms with Gasteiger partial charge >= 0.3 is 0 Å². The van der Waals surface area contributed by atoms with E-state index in [9.17, 15) is 28.1 Å². The molecular formula is C33H32Cl2N4O6S. The molecule has 10 nitrogen and oxygen atoms in total. The summed E-state index contributed by atoms with van der Waals surface area (Å²) in [6.45, 7) is 1.48. The summed E-state index contributed by atoms with van der Waals surface area (Å²) in [6, 6.07) is 25.4. The molecule has 1 N–H and O–H groups in total. The van der Waals surface area contributed by atoms with Gasteiger partial charge in [0.1, 0.15) is 12.6 Å². The van der Waals surface area contributed by atoms with Crippen LogP contribution >= 0.6 is 23.2 Å². The highest BCUT2D eigenvalue weighted by atomic mass is 35.5. The lowest BCUT2D eigenvalue weighted by molar-refractivity contribution is -0.384. The molecule has 46 heavy (non-hydrogen) atoms. The van der Waals surface area contributed by atoms with Gasteiger partial charge in [-0.25, -0.2) is 8.42 Å². The van der Waals surface area contributed by atoms with E-state index in [2.05, 4.69) is 5.32 Å². The maximum absolute atomic E-state index is 14.4. The average molecular weight is 684 g/mol. The van der Waals surface area contributed by atoms with E-state index in [1.807, 2.05) is 37.3 Å². The number of sulfonamides is 1. The van der Waals surface area contributed by atoms with E-state index in [4.69, 9.17) is 23.2 Å². The van der Waals surface area contributed by atoms with E-state index in [1.165, 1.54) is 29.2 Å². The van der Waals surface area contributed by atoms with Gasteiger partial charge in [0.05, 0.1) is 25.6 Å². The number of rotatable bonds is 14. The summed E-state index contributed by atoms with van der Waals surface area (Å²) in [5, 5.41) is 14.7. The molecule has 0 radical (unpaired) electrons. The number of nitrogens with zero attached hydrogens (tertiary/aromatic N) is 3. The second-order valence-electron chi connectivity index (χ2n) is 10.4. The molecule has 0 heterocycles. The maximum Gasteiger partial charge on any atom is 0.269 e. The zero-order valence-corrected chi connectivity index (χ0v) is 27.2. The van der Waals surface area contributed by atoms with Gasteiger partial charge in [0.25, 0.3) is 15.7 Å². The lowest BCUT2D eigenvalue weighted by Crippen LogP contribution is -2.53. The van der Waals surface area contributed by atoms with E-state index >= 15 is 0 Å². The Kier molecular flexibility index (Phi) is 11.8. The fraction of sp³-hybridized carbons (Fsp3) is 0.212. The lowest BCUT2D eigenvalue weighted by Gasteiger charge is -2.34. The summed E-state index contributed by atoms with van der Waals surface area (Å²) in [5.41, 5.74) is 1.14. The van der Waals surface area contributed by atoms with E-state index in [0.29, 0.717) is 23.6 Å². The van der Waals surface area contributed by atoms with Crippen LogP contribution in [0.4, 0.5) is 11.4 Å². The van der Waals surface area contributed by atoms with Gasteiger partial charge in [-0.05, 0) is 53.9 Å². The molecule has 0 bridgehead atoms. The summed E-state index contributed by atoms with van der Waals surface area (Å²) in [7, 11) is -4.34. The zero-order chi connectivity index (χ0) is 33.3. The van der Waals surface area contributed by atoms with Crippen LogP contribution in [0.1, 0.15) is 24.5 Å². The Bertz CT molecular complexity index is 1780. The second kappa shape index (κ2) is 15.7. The quantitative estimate of drug-likeness (QED) is 0.123. The molecule has 0 fully saturated rings. The fourth-order valence-corrected chi connectivity index (χ4v) is 6.50. The zero-order valence-electron chi connectivity index (χ0n) is 24.9. The van der Waals surface area contributed by atoms with E-state index < -0.39 is 39.3 Å². The first-order valence-corrected chi connectivity index (χ1v) is 16.6. The maximum atomic E-state index is 14.4. The van der Waals surface area contributed by atoms with E-state index in [1.54, 1.807) is 36.4 Å². The minimum Gasteiger partial charge on any atom is -0.354 e. The van der Waals surface area contributed by atoms with Gasteiger partial charge in [-0.15, -0.1) is 0 Å². The van der Waals surface area contributed by atoms with Crippen LogP contribution in [0.2, 0.25) is 10.0 Å². The highest BCUT2D eigenvalue weighted by molar-refractivity contribution is 7.92. The predicted molar refractivity (Wildman–Crippen MR) is 178 cm³/mol. The molecule has 4 aromatic rings. The van der Waals surface area contributed by atoms with Crippen molar-refractivity contribution in [2.75, 3.05) is 17.4 Å². The van der Waals surface area contributed by atoms with Gasteiger partial charge in [-0.3, -0.25) is 24.0 Å². The minimum atomic E-state index is -4.34. The number of halogens is 2. The number of carbonyl (C=O) groups is 2. The van der Waals surface area contributed by atoms with Crippen molar-refractivity contribution in [2.45, 2.75) is 37.2 Å². The van der Waals surface area contributed by atoms with Crippen molar-refractivity contribution < 1.29 is 22.9 Å². The largest absolute Gasteiger partial charge is 0.354 e. The number of benzene rings is 4. The Hall–Kier alpha value is -4.45. The first-order valence-electron chi connectivity index (χ1n) is 14.4. The third-order valence-electron chi connectivity index (χ3n) is 7.12. The molecule has 240 valence electrons. The van der Waals surface area contributed by atoms with Gasteiger partial charge in [0.15, 0.2) is 0 Å². The van der Waals surface area contributed by atoms with Crippen LogP contribution in [0.3, 0.4) is 0 Å². The highest BCUT2D eigenvalue weighted by Gasteiger charge is 2.34. The predicted octanol–water partition coefficient (Wildman–Crippen LogP) is 6.26. The highest BCUT2D eigenvalue weighted by Crippen LogP contribution is 2.28. The SMILES string of the molecule is CCCNC(=O)[C@H](Cc1ccccc1)N(Cc1ccc(Cl)c(Cl)c1)C(=O)CN(c1ccc([N+](=O)[O-])cc1)S(=O)(=O)c1ccccc1. The van der Waals surface area contributed by atoms with Crippen LogP contribution < -0.4 is 9.62 Å². The van der Waals surface area contributed by atoms with Crippen LogP contribution in [-0.4, -0.2) is 49.2 Å². The smallest absolute Gasteiger partial charge is 0.269 e. The van der Waals surface area contributed by atoms with Crippen LogP contribution in [0.5, 0.6) is 0 Å². The molecule has 0 saturated heterocycles. The molecule has 13 heteroatoms. The minimum absolute atomic E-state index is 0.0346. The van der Waals surface area contributed by atoms with Gasteiger partial charge in [-0.2, -0.15) is 0 Å². The average Bonchev–Trinajstić information content (AvgIpc) is 3.06. The Morgan fingerprint density at radius 3 is 2.09 bits per heavy atom. The third-order valence-corrected chi connectivity index (χ3v) is 9.64. The lowest BCUT2D eigenvalue weighted by atomic mass is 10.0. The molecule has 0 saturated carbocycles. The summed E-state index contributed by atoms with van der Waals surface area (Å²) >= 11 is 12.4. The topological polar surface area (TPSA) is 130 Å². The summed E-state index contributed by atoms with van der Waals surface area (Å²) < 4.78 is 28.9. The first kappa shape index (κ1) is 34.4. The number of hydrogen-bond donors (Lipinski definition) is 1. The summed E-state index contributed by atoms with van der Waals surface area (Å²) in [4.78, 5) is 40.1. The molecule has 4 aromatic carbocycles. The number of carbonyl (C=O) groups excluding carboxylic acids is 2. The van der Waals surface area contributed by atoms with Crippen molar-refractivity contribution in [1.82, 2.24) is 10.2 Å². The van der Waals surface area contributed by atoms with Crippen LogP contribution in [-0.2, 0) is 32.6 Å². The third kappa shape index (κ3) is 8.63. The van der Waals surface area contributed by atoms with Gasteiger partial charge in [-0.1, -0.05) is 84.7 Å². The van der Waals surface area contributed by atoms with Crippen molar-refractivity contribution in [3.05, 3.63) is 134 Å². The van der Waals surface area contributed by atoms with Gasteiger partial charge in [0, 0.05) is 31.6 Å². The van der Waals surface area contributed by atoms with Crippen molar-refractivity contribution >= 4 is 56.4 Å². The molecule has 0 unspecified atom stereocenters. The molecule has 4 rings (SSSR count). The Morgan fingerprint density at radius 2 is 1.50 bits per heavy atom. The van der Waals surface area contributed by atoms with E-state index in [0.717, 1.165) is 22.0 Å². The Balaban J connectivity index is 1.81. The molecular weight excluding hydrogens is 651 g/mol. The van der Waals surface area contributed by atoms with E-state index in [-0.39, 0.29) is 34.3 Å². The van der Waals surface area contributed by atoms with Crippen molar-refractivity contribution in [3.63, 3.8) is 0 Å². The molecule has 0 aliphatic heterocycles. The van der Waals surface area contributed by atoms with Crippen LogP contribution in [0.25, 0.3) is 0 Å². The van der Waals surface area contributed by atoms with Crippen LogP contribution in [0.15, 0.2) is 108 Å². The first-order chi connectivity index (χ1) is 22.0. The number of amides is 2. The van der Waals surface area contributed by atoms with Crippen LogP contribution in [0, 0.1) is 10.1 Å². The number of non-ortho nitro benzene ring substituents is 1. The molecule has 2 amide bonds. The number of anilines is 1. The fourth-order valence-electron chi connectivity index (χ4n) is 4.74. The van der Waals surface area contributed by atoms with Crippen molar-refractivity contribution in [1.29, 1.82) is 0 Å². The summed E-state index contributed by atoms with van der Waals surface area (Å²) in [5.74, 6) is -1.09. The monoisotopic (exact) mass is 682 g/mol. The number of nitrogens with one attached hydrogen (secondary N) is 1. The Morgan fingerprint density at radius 1 is 0.870 bits per heavy atom. The molecule has 0 aliphatic rings. The normalized spacial score (nSPS) is 11.8. The van der Waals surface area contributed by atoms with Crippen molar-refractivity contribution in [2.24, 2.45) is 0 Å². The Labute approximate surface area is 277 Å². The second-order valence-corrected chi connectivity index (χ2v) is 13.0. The van der Waals surface area contributed by atoms with Gasteiger partial charge in [0.2, 0.25) is 11.8 Å². The molecule has 0 spiro atoms. The standard InChI is InChI=1S/C33H32Cl2N4O6S/c1-2-19-36-33(41)31(21-24-9-5-3-6-10-24)37(22-25-13-18-29(34)30(35)20-25)32(40)23-38(26-14-16-27(17-15-26)39(42)43)46(44,45)28-11-7-4-8-12-28/h3-18,20,31H,2,19,21-23H2,1H3,(H,36,41)/t31-/m0/s1. The summed E-state index contributed by atoms with van der Waals surface area (Å²) in [6.07, 6.45) is 0.806. The number of nitro groups is 1. The molecule has 1 atom stereocenters. The van der Waals surface area contributed by atoms with Gasteiger partial charge < -0.3 is 10.2 Å². The molecule has 0 aliphatic carbocycles. The molecule has 0 aromatic heterocycles. The van der Waals surface area contributed by atoms with Crippen molar-refractivity contribution in [3.8, 4) is 0 Å².